The molecule has 0 spiro atoms. The fraction of sp³-hybridized carbons (Fsp3) is 0.269. The normalized spacial score (nSPS) is 20.3. The summed E-state index contributed by atoms with van der Waals surface area (Å²) in [6.45, 7) is 0.475. The second-order valence-corrected chi connectivity index (χ2v) is 9.50. The molecule has 3 atom stereocenters. The maximum atomic E-state index is 13.6. The van der Waals surface area contributed by atoms with E-state index in [1.807, 2.05) is 60.7 Å². The van der Waals surface area contributed by atoms with Crippen LogP contribution in [0.5, 0.6) is 0 Å². The van der Waals surface area contributed by atoms with Crippen LogP contribution < -0.4 is 5.32 Å². The molecule has 5 rings (SSSR count). The maximum absolute atomic E-state index is 13.6. The zero-order chi connectivity index (χ0) is 23.7. The van der Waals surface area contributed by atoms with Crippen LogP contribution in [0, 0.1) is 0 Å². The van der Waals surface area contributed by atoms with Crippen molar-refractivity contribution in [1.82, 2.24) is 14.8 Å². The molecule has 3 aromatic rings. The summed E-state index contributed by atoms with van der Waals surface area (Å²) in [4.78, 5) is 40.7. The Balaban J connectivity index is 1.37. The number of carbonyl (C=O) groups is 3. The molecule has 2 fully saturated rings. The number of nitrogens with one attached hydrogen (secondary N) is 1. The molecule has 3 heterocycles. The molecular weight excluding hydrogens is 498 g/mol. The van der Waals surface area contributed by atoms with Gasteiger partial charge < -0.3 is 15.0 Å². The Morgan fingerprint density at radius 1 is 1.06 bits per heavy atom. The third-order valence-electron chi connectivity index (χ3n) is 6.38. The number of carbonyl (C=O) groups excluding carboxylic acids is 3. The standard InChI is InChI=1S/C26H24BrN3O4/c27-20-8-6-17(7-9-20)14-21(25(32)30-13-11-23-24(30)22(31)16-34-23)28-26(33)29-12-10-19(15-29)18-4-2-1-3-5-18/h1-10,12,15,21,23-24H,11,13-14,16H2,(H,28,33). The van der Waals surface area contributed by atoms with E-state index in [2.05, 4.69) is 21.2 Å². The molecule has 2 aromatic carbocycles. The van der Waals surface area contributed by atoms with Gasteiger partial charge in [0.25, 0.3) is 0 Å². The van der Waals surface area contributed by atoms with Gasteiger partial charge in [-0.25, -0.2) is 4.79 Å². The van der Waals surface area contributed by atoms with Gasteiger partial charge in [0.15, 0.2) is 5.78 Å². The molecule has 0 radical (unpaired) electrons. The van der Waals surface area contributed by atoms with Gasteiger partial charge in [0.1, 0.15) is 18.7 Å². The Kier molecular flexibility index (Phi) is 6.34. The lowest BCUT2D eigenvalue weighted by Gasteiger charge is -2.27. The molecule has 2 amide bonds. The van der Waals surface area contributed by atoms with Gasteiger partial charge in [0.2, 0.25) is 5.91 Å². The average molecular weight is 522 g/mol. The first kappa shape index (κ1) is 22.6. The van der Waals surface area contributed by atoms with Gasteiger partial charge in [-0.2, -0.15) is 0 Å². The highest BCUT2D eigenvalue weighted by Crippen LogP contribution is 2.28. The van der Waals surface area contributed by atoms with Crippen molar-refractivity contribution in [3.63, 3.8) is 0 Å². The summed E-state index contributed by atoms with van der Waals surface area (Å²) in [5, 5.41) is 2.90. The third-order valence-corrected chi connectivity index (χ3v) is 6.91. The van der Waals surface area contributed by atoms with Crippen LogP contribution >= 0.6 is 15.9 Å². The summed E-state index contributed by atoms with van der Waals surface area (Å²) >= 11 is 3.42. The second kappa shape index (κ2) is 9.56. The molecule has 0 bridgehead atoms. The Labute approximate surface area is 205 Å². The minimum Gasteiger partial charge on any atom is -0.368 e. The van der Waals surface area contributed by atoms with E-state index in [1.165, 1.54) is 4.57 Å². The average Bonchev–Trinajstić information content (AvgIpc) is 3.58. The molecular formula is C26H24BrN3O4. The van der Waals surface area contributed by atoms with Gasteiger partial charge >= 0.3 is 6.03 Å². The third kappa shape index (κ3) is 4.56. The molecule has 0 saturated carbocycles. The van der Waals surface area contributed by atoms with Crippen LogP contribution in [-0.2, 0) is 20.7 Å². The van der Waals surface area contributed by atoms with E-state index in [4.69, 9.17) is 4.74 Å². The monoisotopic (exact) mass is 521 g/mol. The summed E-state index contributed by atoms with van der Waals surface area (Å²) in [6, 6.07) is 17.5. The molecule has 2 aliphatic rings. The first-order chi connectivity index (χ1) is 16.5. The van der Waals surface area contributed by atoms with E-state index < -0.39 is 18.1 Å². The number of likely N-dealkylation sites (tertiary alicyclic amines) is 1. The largest absolute Gasteiger partial charge is 0.368 e. The van der Waals surface area contributed by atoms with Crippen molar-refractivity contribution in [2.24, 2.45) is 0 Å². The highest BCUT2D eigenvalue weighted by Gasteiger charge is 2.48. The molecule has 1 aromatic heterocycles. The number of aromatic nitrogens is 1. The Bertz CT molecular complexity index is 1210. The molecule has 7 nitrogen and oxygen atoms in total. The van der Waals surface area contributed by atoms with Gasteiger partial charge in [0, 0.05) is 29.8 Å². The van der Waals surface area contributed by atoms with E-state index in [0.29, 0.717) is 19.4 Å². The van der Waals surface area contributed by atoms with Gasteiger partial charge in [-0.3, -0.25) is 14.2 Å². The fourth-order valence-electron chi connectivity index (χ4n) is 4.65. The minimum atomic E-state index is -0.816. The summed E-state index contributed by atoms with van der Waals surface area (Å²) in [5.41, 5.74) is 2.81. The molecule has 2 saturated heterocycles. The molecule has 8 heteroatoms. The van der Waals surface area contributed by atoms with Crippen molar-refractivity contribution in [2.75, 3.05) is 13.2 Å². The summed E-state index contributed by atoms with van der Waals surface area (Å²) < 4.78 is 7.91. The van der Waals surface area contributed by atoms with E-state index in [1.54, 1.807) is 17.3 Å². The predicted molar refractivity (Wildman–Crippen MR) is 130 cm³/mol. The van der Waals surface area contributed by atoms with Crippen LogP contribution in [0.1, 0.15) is 12.0 Å². The smallest absolute Gasteiger partial charge is 0.326 e. The number of fused-ring (bicyclic) bond motifs is 1. The van der Waals surface area contributed by atoms with Crippen LogP contribution in [-0.4, -0.2) is 58.5 Å². The van der Waals surface area contributed by atoms with E-state index in [-0.39, 0.29) is 24.4 Å². The second-order valence-electron chi connectivity index (χ2n) is 8.59. The highest BCUT2D eigenvalue weighted by atomic mass is 79.9. The van der Waals surface area contributed by atoms with Crippen molar-refractivity contribution in [1.29, 1.82) is 0 Å². The Morgan fingerprint density at radius 3 is 2.59 bits per heavy atom. The topological polar surface area (TPSA) is 80.6 Å². The number of amides is 2. The summed E-state index contributed by atoms with van der Waals surface area (Å²) in [7, 11) is 0. The number of halogens is 1. The quantitative estimate of drug-likeness (QED) is 0.555. The Hall–Kier alpha value is -3.23. The van der Waals surface area contributed by atoms with Gasteiger partial charge in [-0.15, -0.1) is 0 Å². The summed E-state index contributed by atoms with van der Waals surface area (Å²) in [6.07, 6.45) is 4.11. The number of nitrogens with zero attached hydrogens (tertiary/aromatic N) is 2. The van der Waals surface area contributed by atoms with Gasteiger partial charge in [-0.05, 0) is 41.3 Å². The van der Waals surface area contributed by atoms with Crippen molar-refractivity contribution < 1.29 is 19.1 Å². The number of hydrogen-bond donors (Lipinski definition) is 1. The van der Waals surface area contributed by atoms with E-state index in [0.717, 1.165) is 21.2 Å². The lowest BCUT2D eigenvalue weighted by atomic mass is 10.0. The fourth-order valence-corrected chi connectivity index (χ4v) is 4.91. The van der Waals surface area contributed by atoms with Gasteiger partial charge in [0.05, 0.1) is 6.10 Å². The zero-order valence-corrected chi connectivity index (χ0v) is 20.0. The number of hydrogen-bond acceptors (Lipinski definition) is 4. The molecule has 2 aliphatic heterocycles. The van der Waals surface area contributed by atoms with Crippen LogP contribution in [0.2, 0.25) is 0 Å². The molecule has 1 N–H and O–H groups in total. The van der Waals surface area contributed by atoms with Crippen LogP contribution in [0.3, 0.4) is 0 Å². The van der Waals surface area contributed by atoms with Crippen molar-refractivity contribution in [2.45, 2.75) is 31.0 Å². The summed E-state index contributed by atoms with van der Waals surface area (Å²) in [5.74, 6) is -0.347. The number of benzene rings is 2. The molecule has 174 valence electrons. The number of Topliss-reactive ketones (excluding diaryl/α,β-unsaturated/α-hetero) is 1. The van der Waals surface area contributed by atoms with Crippen LogP contribution in [0.25, 0.3) is 11.1 Å². The first-order valence-corrected chi connectivity index (χ1v) is 12.0. The lowest BCUT2D eigenvalue weighted by molar-refractivity contribution is -0.138. The molecule has 3 unspecified atom stereocenters. The van der Waals surface area contributed by atoms with Crippen molar-refractivity contribution in [3.8, 4) is 11.1 Å². The number of ketones is 1. The first-order valence-electron chi connectivity index (χ1n) is 11.2. The SMILES string of the molecule is O=C1COC2CCN(C(=O)C(Cc3ccc(Br)cc3)NC(=O)n3ccc(-c4ccccc4)c3)C12. The van der Waals surface area contributed by atoms with E-state index in [9.17, 15) is 14.4 Å². The molecule has 34 heavy (non-hydrogen) atoms. The van der Waals surface area contributed by atoms with E-state index >= 15 is 0 Å². The van der Waals surface area contributed by atoms with Crippen molar-refractivity contribution >= 4 is 33.7 Å². The lowest BCUT2D eigenvalue weighted by Crippen LogP contribution is -2.53. The predicted octanol–water partition coefficient (Wildman–Crippen LogP) is 3.66. The number of ether oxygens (including phenoxy) is 1. The van der Waals surface area contributed by atoms with Crippen LogP contribution in [0.4, 0.5) is 4.79 Å². The van der Waals surface area contributed by atoms with Gasteiger partial charge in [-0.1, -0.05) is 58.4 Å². The highest BCUT2D eigenvalue weighted by molar-refractivity contribution is 9.10. The van der Waals surface area contributed by atoms with Crippen LogP contribution in [0.15, 0.2) is 77.5 Å². The Morgan fingerprint density at radius 2 is 1.82 bits per heavy atom. The molecule has 0 aliphatic carbocycles. The van der Waals surface area contributed by atoms with Crippen molar-refractivity contribution in [3.05, 3.63) is 83.1 Å². The minimum absolute atomic E-state index is 0.0362. The zero-order valence-electron chi connectivity index (χ0n) is 18.4. The maximum Gasteiger partial charge on any atom is 0.326 e. The number of rotatable bonds is 5.